The van der Waals surface area contributed by atoms with Crippen LogP contribution in [0.2, 0.25) is 0 Å². The van der Waals surface area contributed by atoms with Crippen molar-refractivity contribution < 1.29 is 17.9 Å². The fourth-order valence-electron chi connectivity index (χ4n) is 1.41. The maximum absolute atomic E-state index is 11.4. The van der Waals surface area contributed by atoms with E-state index in [9.17, 15) is 13.2 Å². The summed E-state index contributed by atoms with van der Waals surface area (Å²) in [5.41, 5.74) is 0. The van der Waals surface area contributed by atoms with Crippen LogP contribution in [-0.2, 0) is 19.4 Å². The average molecular weight is 250 g/mol. The van der Waals surface area contributed by atoms with Crippen LogP contribution in [-0.4, -0.2) is 58.7 Å². The molecule has 0 aromatic rings. The third-order valence-corrected chi connectivity index (χ3v) is 3.16. The SMILES string of the molecule is CS(=O)(=O)CCNC(=O)CC1CNCCO1. The summed E-state index contributed by atoms with van der Waals surface area (Å²) < 4.78 is 27.0. The molecular weight excluding hydrogens is 232 g/mol. The first-order chi connectivity index (χ1) is 7.47. The van der Waals surface area contributed by atoms with Crippen LogP contribution in [0.25, 0.3) is 0 Å². The standard InChI is InChI=1S/C9H18N2O4S/c1-16(13,14)5-3-11-9(12)6-8-7-10-2-4-15-8/h8,10H,2-7H2,1H3,(H,11,12). The van der Waals surface area contributed by atoms with Crippen LogP contribution in [0.3, 0.4) is 0 Å². The average Bonchev–Trinajstić information content (AvgIpc) is 2.17. The molecule has 0 radical (unpaired) electrons. The second-order valence-corrected chi connectivity index (χ2v) is 6.14. The third kappa shape index (κ3) is 6.04. The minimum atomic E-state index is -3.01. The Hall–Kier alpha value is -0.660. The number of morpholine rings is 1. The molecule has 0 bridgehead atoms. The highest BCUT2D eigenvalue weighted by Crippen LogP contribution is 2.00. The molecule has 1 saturated heterocycles. The van der Waals surface area contributed by atoms with Crippen LogP contribution in [0.5, 0.6) is 0 Å². The largest absolute Gasteiger partial charge is 0.375 e. The molecule has 1 aliphatic heterocycles. The maximum Gasteiger partial charge on any atom is 0.222 e. The van der Waals surface area contributed by atoms with Gasteiger partial charge in [0, 0.05) is 25.9 Å². The molecule has 2 N–H and O–H groups in total. The number of carbonyl (C=O) groups is 1. The van der Waals surface area contributed by atoms with Gasteiger partial charge >= 0.3 is 0 Å². The molecule has 1 amide bonds. The van der Waals surface area contributed by atoms with E-state index in [0.29, 0.717) is 13.2 Å². The van der Waals surface area contributed by atoms with Gasteiger partial charge in [-0.2, -0.15) is 0 Å². The molecule has 6 nitrogen and oxygen atoms in total. The van der Waals surface area contributed by atoms with Crippen molar-refractivity contribution in [2.24, 2.45) is 0 Å². The van der Waals surface area contributed by atoms with Crippen molar-refractivity contribution in [1.82, 2.24) is 10.6 Å². The Morgan fingerprint density at radius 2 is 2.31 bits per heavy atom. The van der Waals surface area contributed by atoms with Gasteiger partial charge < -0.3 is 15.4 Å². The Morgan fingerprint density at radius 1 is 1.56 bits per heavy atom. The van der Waals surface area contributed by atoms with Crippen molar-refractivity contribution in [2.75, 3.05) is 38.2 Å². The Kier molecular flexibility index (Phi) is 5.17. The Bertz CT molecular complexity index is 322. The van der Waals surface area contributed by atoms with Gasteiger partial charge in [0.2, 0.25) is 5.91 Å². The van der Waals surface area contributed by atoms with Crippen LogP contribution >= 0.6 is 0 Å². The van der Waals surface area contributed by atoms with Gasteiger partial charge in [-0.25, -0.2) is 8.42 Å². The zero-order valence-electron chi connectivity index (χ0n) is 9.36. The van der Waals surface area contributed by atoms with Crippen molar-refractivity contribution >= 4 is 15.7 Å². The normalized spacial score (nSPS) is 21.7. The molecule has 0 saturated carbocycles. The molecule has 7 heteroatoms. The molecular formula is C9H18N2O4S. The number of rotatable bonds is 5. The number of amides is 1. The Morgan fingerprint density at radius 3 is 2.88 bits per heavy atom. The van der Waals surface area contributed by atoms with E-state index >= 15 is 0 Å². The molecule has 1 rings (SSSR count). The van der Waals surface area contributed by atoms with E-state index in [0.717, 1.165) is 12.8 Å². The first kappa shape index (κ1) is 13.4. The highest BCUT2D eigenvalue weighted by Gasteiger charge is 2.17. The highest BCUT2D eigenvalue weighted by molar-refractivity contribution is 7.90. The van der Waals surface area contributed by atoms with Gasteiger partial charge in [0.05, 0.1) is 24.9 Å². The second-order valence-electron chi connectivity index (χ2n) is 3.88. The summed E-state index contributed by atoms with van der Waals surface area (Å²) in [6.45, 7) is 2.25. The maximum atomic E-state index is 11.4. The molecule has 0 aromatic heterocycles. The Balaban J connectivity index is 2.15. The van der Waals surface area contributed by atoms with Crippen LogP contribution in [0.1, 0.15) is 6.42 Å². The van der Waals surface area contributed by atoms with E-state index in [2.05, 4.69) is 10.6 Å². The number of carbonyl (C=O) groups excluding carboxylic acids is 1. The third-order valence-electron chi connectivity index (χ3n) is 2.21. The molecule has 94 valence electrons. The number of hydrogen-bond donors (Lipinski definition) is 2. The summed E-state index contributed by atoms with van der Waals surface area (Å²) in [5, 5.41) is 5.68. The van der Waals surface area contributed by atoms with E-state index in [4.69, 9.17) is 4.74 Å². The molecule has 0 aromatic carbocycles. The van der Waals surface area contributed by atoms with Gasteiger partial charge in [0.25, 0.3) is 0 Å². The molecule has 1 heterocycles. The van der Waals surface area contributed by atoms with Gasteiger partial charge in [0.15, 0.2) is 0 Å². The van der Waals surface area contributed by atoms with Crippen LogP contribution in [0, 0.1) is 0 Å². The number of hydrogen-bond acceptors (Lipinski definition) is 5. The number of nitrogens with one attached hydrogen (secondary N) is 2. The van der Waals surface area contributed by atoms with Crippen LogP contribution in [0.4, 0.5) is 0 Å². The van der Waals surface area contributed by atoms with Gasteiger partial charge in [-0.3, -0.25) is 4.79 Å². The first-order valence-corrected chi connectivity index (χ1v) is 7.30. The van der Waals surface area contributed by atoms with E-state index in [1.54, 1.807) is 0 Å². The van der Waals surface area contributed by atoms with Crippen LogP contribution < -0.4 is 10.6 Å². The summed E-state index contributed by atoms with van der Waals surface area (Å²) in [7, 11) is -3.01. The monoisotopic (exact) mass is 250 g/mol. The minimum Gasteiger partial charge on any atom is -0.375 e. The summed E-state index contributed by atoms with van der Waals surface area (Å²) in [6, 6.07) is 0. The highest BCUT2D eigenvalue weighted by atomic mass is 32.2. The Labute approximate surface area is 95.7 Å². The zero-order chi connectivity index (χ0) is 12.0. The predicted octanol–water partition coefficient (Wildman–Crippen LogP) is -1.47. The lowest BCUT2D eigenvalue weighted by Gasteiger charge is -2.22. The van der Waals surface area contributed by atoms with E-state index in [1.165, 1.54) is 0 Å². The van der Waals surface area contributed by atoms with Gasteiger partial charge in [0.1, 0.15) is 9.84 Å². The van der Waals surface area contributed by atoms with Gasteiger partial charge in [-0.05, 0) is 0 Å². The van der Waals surface area contributed by atoms with Crippen LogP contribution in [0.15, 0.2) is 0 Å². The fourth-order valence-corrected chi connectivity index (χ4v) is 1.88. The van der Waals surface area contributed by atoms with Gasteiger partial charge in [-0.15, -0.1) is 0 Å². The second kappa shape index (κ2) is 6.17. The molecule has 1 aliphatic rings. The van der Waals surface area contributed by atoms with Crippen molar-refractivity contribution in [3.8, 4) is 0 Å². The van der Waals surface area contributed by atoms with Crippen molar-refractivity contribution in [2.45, 2.75) is 12.5 Å². The molecule has 16 heavy (non-hydrogen) atoms. The molecule has 1 atom stereocenters. The van der Waals surface area contributed by atoms with Crippen molar-refractivity contribution in [1.29, 1.82) is 0 Å². The topological polar surface area (TPSA) is 84.5 Å². The lowest BCUT2D eigenvalue weighted by atomic mass is 10.2. The predicted molar refractivity (Wildman–Crippen MR) is 59.9 cm³/mol. The quantitative estimate of drug-likeness (QED) is 0.622. The molecule has 0 aliphatic carbocycles. The number of ether oxygens (including phenoxy) is 1. The van der Waals surface area contributed by atoms with Crippen molar-refractivity contribution in [3.63, 3.8) is 0 Å². The molecule has 1 unspecified atom stereocenters. The van der Waals surface area contributed by atoms with Gasteiger partial charge in [-0.1, -0.05) is 0 Å². The smallest absolute Gasteiger partial charge is 0.222 e. The lowest BCUT2D eigenvalue weighted by molar-refractivity contribution is -0.124. The molecule has 0 spiro atoms. The fraction of sp³-hybridized carbons (Fsp3) is 0.889. The minimum absolute atomic E-state index is 0.0253. The van der Waals surface area contributed by atoms with E-state index in [-0.39, 0.29) is 30.7 Å². The van der Waals surface area contributed by atoms with E-state index in [1.807, 2.05) is 0 Å². The number of sulfone groups is 1. The zero-order valence-corrected chi connectivity index (χ0v) is 10.2. The van der Waals surface area contributed by atoms with E-state index < -0.39 is 9.84 Å². The summed E-state index contributed by atoms with van der Waals surface area (Å²) in [5.74, 6) is -0.194. The summed E-state index contributed by atoms with van der Waals surface area (Å²) >= 11 is 0. The first-order valence-electron chi connectivity index (χ1n) is 5.24. The van der Waals surface area contributed by atoms with Crippen molar-refractivity contribution in [3.05, 3.63) is 0 Å². The lowest BCUT2D eigenvalue weighted by Crippen LogP contribution is -2.41. The molecule has 1 fully saturated rings. The summed E-state index contributed by atoms with van der Waals surface area (Å²) in [6.07, 6.45) is 1.32. The summed E-state index contributed by atoms with van der Waals surface area (Å²) in [4.78, 5) is 11.4.